The summed E-state index contributed by atoms with van der Waals surface area (Å²) in [6, 6.07) is 17.3. The zero-order valence-electron chi connectivity index (χ0n) is 16.5. The van der Waals surface area contributed by atoms with E-state index in [1.54, 1.807) is 15.9 Å². The number of fused-ring (bicyclic) bond motifs is 1. The number of thiophene rings is 1. The van der Waals surface area contributed by atoms with Crippen LogP contribution >= 0.6 is 11.3 Å². The lowest BCUT2D eigenvalue weighted by atomic mass is 10.0. The molecule has 6 nitrogen and oxygen atoms in total. The molecule has 0 aliphatic carbocycles. The van der Waals surface area contributed by atoms with E-state index in [-0.39, 0.29) is 24.8 Å². The van der Waals surface area contributed by atoms with Gasteiger partial charge in [0.2, 0.25) is 0 Å². The Morgan fingerprint density at radius 3 is 2.37 bits per heavy atom. The number of nitrogens with zero attached hydrogens (tertiary/aromatic N) is 2. The molecule has 0 spiro atoms. The lowest BCUT2D eigenvalue weighted by molar-refractivity contribution is -0.152. The zero-order chi connectivity index (χ0) is 20.9. The van der Waals surface area contributed by atoms with Crippen molar-refractivity contribution < 1.29 is 19.1 Å². The number of hydrogen-bond donors (Lipinski definition) is 0. The lowest BCUT2D eigenvalue weighted by Gasteiger charge is -2.34. The number of carbonyl (C=O) groups is 3. The molecule has 1 fully saturated rings. The summed E-state index contributed by atoms with van der Waals surface area (Å²) in [6.45, 7) is 1.56. The van der Waals surface area contributed by atoms with Crippen molar-refractivity contribution in [1.29, 1.82) is 0 Å². The van der Waals surface area contributed by atoms with Gasteiger partial charge in [0.15, 0.2) is 6.61 Å². The van der Waals surface area contributed by atoms with Gasteiger partial charge in [0.25, 0.3) is 11.8 Å². The van der Waals surface area contributed by atoms with Crippen LogP contribution in [0.5, 0.6) is 0 Å². The minimum Gasteiger partial charge on any atom is -0.455 e. The van der Waals surface area contributed by atoms with Crippen molar-refractivity contribution in [3.05, 3.63) is 70.4 Å². The predicted octanol–water partition coefficient (Wildman–Crippen LogP) is 2.97. The monoisotopic (exact) mass is 422 g/mol. The molecule has 3 aromatic rings. The van der Waals surface area contributed by atoms with Gasteiger partial charge in [0.1, 0.15) is 0 Å². The van der Waals surface area contributed by atoms with Gasteiger partial charge in [-0.15, -0.1) is 11.3 Å². The van der Waals surface area contributed by atoms with Crippen LogP contribution in [0.3, 0.4) is 0 Å². The maximum Gasteiger partial charge on any atom is 0.310 e. The van der Waals surface area contributed by atoms with Gasteiger partial charge in [-0.25, -0.2) is 0 Å². The standard InChI is InChI=1S/C23H22N2O4S/c26-21(24-10-12-25(13-11-24)23(28)20-9-4-14-30-20)16-29-22(27)15-18-7-3-6-17-5-1-2-8-19(17)18/h1-9,14H,10-13,15-16H2. The Hall–Kier alpha value is -3.19. The van der Waals surface area contributed by atoms with E-state index in [1.165, 1.54) is 11.3 Å². The van der Waals surface area contributed by atoms with Crippen LogP contribution in [0.2, 0.25) is 0 Å². The summed E-state index contributed by atoms with van der Waals surface area (Å²) in [4.78, 5) is 41.2. The van der Waals surface area contributed by atoms with Crippen molar-refractivity contribution in [2.45, 2.75) is 6.42 Å². The summed E-state index contributed by atoms with van der Waals surface area (Å²) < 4.78 is 5.23. The summed E-state index contributed by atoms with van der Waals surface area (Å²) in [7, 11) is 0. The fourth-order valence-electron chi connectivity index (χ4n) is 3.60. The maximum atomic E-state index is 12.4. The van der Waals surface area contributed by atoms with E-state index in [4.69, 9.17) is 4.74 Å². The molecule has 0 unspecified atom stereocenters. The highest BCUT2D eigenvalue weighted by atomic mass is 32.1. The fraction of sp³-hybridized carbons (Fsp3) is 0.261. The van der Waals surface area contributed by atoms with E-state index in [2.05, 4.69) is 0 Å². The van der Waals surface area contributed by atoms with Crippen molar-refractivity contribution >= 4 is 39.9 Å². The highest BCUT2D eigenvalue weighted by Gasteiger charge is 2.25. The fourth-order valence-corrected chi connectivity index (χ4v) is 4.29. The molecule has 1 aliphatic rings. The molecule has 1 aromatic heterocycles. The Bertz CT molecular complexity index is 1050. The molecule has 0 atom stereocenters. The number of hydrogen-bond acceptors (Lipinski definition) is 5. The van der Waals surface area contributed by atoms with Gasteiger partial charge in [-0.3, -0.25) is 14.4 Å². The van der Waals surface area contributed by atoms with E-state index in [0.717, 1.165) is 16.3 Å². The van der Waals surface area contributed by atoms with Crippen LogP contribution in [0, 0.1) is 0 Å². The van der Waals surface area contributed by atoms with Gasteiger partial charge in [-0.05, 0) is 27.8 Å². The van der Waals surface area contributed by atoms with Crippen LogP contribution in [0.1, 0.15) is 15.2 Å². The number of rotatable bonds is 5. The summed E-state index contributed by atoms with van der Waals surface area (Å²) in [6.07, 6.45) is 0.123. The average Bonchev–Trinajstić information content (AvgIpc) is 3.32. The molecule has 2 aromatic carbocycles. The van der Waals surface area contributed by atoms with Crippen LogP contribution in [-0.4, -0.2) is 60.4 Å². The Morgan fingerprint density at radius 1 is 0.867 bits per heavy atom. The maximum absolute atomic E-state index is 12.4. The zero-order valence-corrected chi connectivity index (χ0v) is 17.3. The van der Waals surface area contributed by atoms with E-state index in [0.29, 0.717) is 31.1 Å². The number of piperazine rings is 1. The highest BCUT2D eigenvalue weighted by molar-refractivity contribution is 7.12. The molecular weight excluding hydrogens is 400 g/mol. The van der Waals surface area contributed by atoms with Crippen molar-refractivity contribution in [1.82, 2.24) is 9.80 Å². The van der Waals surface area contributed by atoms with Gasteiger partial charge in [-0.2, -0.15) is 0 Å². The molecule has 2 amide bonds. The van der Waals surface area contributed by atoms with Crippen LogP contribution in [0.4, 0.5) is 0 Å². The number of amides is 2. The Morgan fingerprint density at radius 2 is 1.60 bits per heavy atom. The summed E-state index contributed by atoms with van der Waals surface area (Å²) in [5, 5.41) is 3.95. The molecule has 2 heterocycles. The molecule has 0 N–H and O–H groups in total. The van der Waals surface area contributed by atoms with Crippen LogP contribution < -0.4 is 0 Å². The second-order valence-corrected chi connectivity index (χ2v) is 8.07. The van der Waals surface area contributed by atoms with Gasteiger partial charge in [-0.1, -0.05) is 48.5 Å². The molecule has 30 heavy (non-hydrogen) atoms. The average molecular weight is 423 g/mol. The molecule has 1 saturated heterocycles. The van der Waals surface area contributed by atoms with Crippen molar-refractivity contribution in [2.24, 2.45) is 0 Å². The SMILES string of the molecule is O=C(Cc1cccc2ccccc12)OCC(=O)N1CCN(C(=O)c2cccs2)CC1. The van der Waals surface area contributed by atoms with Crippen molar-refractivity contribution in [2.75, 3.05) is 32.8 Å². The Kier molecular flexibility index (Phi) is 6.09. The van der Waals surface area contributed by atoms with Crippen LogP contribution in [0.25, 0.3) is 10.8 Å². The Labute approximate surface area is 178 Å². The summed E-state index contributed by atoms with van der Waals surface area (Å²) in [5.74, 6) is -0.658. The quantitative estimate of drug-likeness (QED) is 0.593. The molecule has 154 valence electrons. The molecule has 0 bridgehead atoms. The second-order valence-electron chi connectivity index (χ2n) is 7.13. The minimum absolute atomic E-state index is 0.00128. The second kappa shape index (κ2) is 9.09. The first kappa shape index (κ1) is 20.1. The molecule has 0 radical (unpaired) electrons. The van der Waals surface area contributed by atoms with E-state index < -0.39 is 5.97 Å². The normalized spacial score (nSPS) is 14.0. The third-order valence-corrected chi connectivity index (χ3v) is 6.08. The van der Waals surface area contributed by atoms with Crippen LogP contribution in [0.15, 0.2) is 60.0 Å². The van der Waals surface area contributed by atoms with E-state index in [9.17, 15) is 14.4 Å². The molecule has 7 heteroatoms. The molecular formula is C23H22N2O4S. The number of benzene rings is 2. The molecule has 4 rings (SSSR count). The van der Waals surface area contributed by atoms with E-state index in [1.807, 2.05) is 53.9 Å². The highest BCUT2D eigenvalue weighted by Crippen LogP contribution is 2.19. The summed E-state index contributed by atoms with van der Waals surface area (Å²) in [5.41, 5.74) is 0.881. The first-order valence-corrected chi connectivity index (χ1v) is 10.7. The third kappa shape index (κ3) is 4.52. The molecule has 1 aliphatic heterocycles. The van der Waals surface area contributed by atoms with Gasteiger partial charge >= 0.3 is 5.97 Å². The predicted molar refractivity (Wildman–Crippen MR) is 115 cm³/mol. The Balaban J connectivity index is 1.26. The van der Waals surface area contributed by atoms with Gasteiger partial charge in [0.05, 0.1) is 11.3 Å². The third-order valence-electron chi connectivity index (χ3n) is 5.22. The first-order chi connectivity index (χ1) is 14.6. The minimum atomic E-state index is -0.425. The van der Waals surface area contributed by atoms with E-state index >= 15 is 0 Å². The number of esters is 1. The topological polar surface area (TPSA) is 66.9 Å². The van der Waals surface area contributed by atoms with Gasteiger partial charge in [0, 0.05) is 26.2 Å². The van der Waals surface area contributed by atoms with Crippen molar-refractivity contribution in [3.8, 4) is 0 Å². The summed E-state index contributed by atoms with van der Waals surface area (Å²) >= 11 is 1.42. The number of ether oxygens (including phenoxy) is 1. The number of carbonyl (C=O) groups excluding carboxylic acids is 3. The molecule has 0 saturated carbocycles. The van der Waals surface area contributed by atoms with Crippen LogP contribution in [-0.2, 0) is 20.7 Å². The smallest absolute Gasteiger partial charge is 0.310 e. The van der Waals surface area contributed by atoms with Crippen molar-refractivity contribution in [3.63, 3.8) is 0 Å². The van der Waals surface area contributed by atoms with Gasteiger partial charge < -0.3 is 14.5 Å². The lowest BCUT2D eigenvalue weighted by Crippen LogP contribution is -2.51. The first-order valence-electron chi connectivity index (χ1n) is 9.84. The largest absolute Gasteiger partial charge is 0.455 e.